The van der Waals surface area contributed by atoms with E-state index in [4.69, 9.17) is 11.6 Å². The molecule has 1 N–H and O–H groups in total. The molecular weight excluding hydrogens is 284 g/mol. The molecule has 4 bridgehead atoms. The van der Waals surface area contributed by atoms with Crippen LogP contribution in [-0.2, 0) is 13.5 Å². The summed E-state index contributed by atoms with van der Waals surface area (Å²) in [6.07, 6.45) is 7.28. The summed E-state index contributed by atoms with van der Waals surface area (Å²) in [6, 6.07) is 0. The molecule has 1 heterocycles. The van der Waals surface area contributed by atoms with E-state index >= 15 is 0 Å². The summed E-state index contributed by atoms with van der Waals surface area (Å²) in [7, 11) is 1.93. The average Bonchev–Trinajstić information content (AvgIpc) is 2.64. The van der Waals surface area contributed by atoms with Gasteiger partial charge in [0.25, 0.3) is 0 Å². The Morgan fingerprint density at radius 2 is 1.76 bits per heavy atom. The summed E-state index contributed by atoms with van der Waals surface area (Å²) >= 11 is 6.35. The van der Waals surface area contributed by atoms with Gasteiger partial charge >= 0.3 is 0 Å². The predicted molar refractivity (Wildman–Crippen MR) is 83.2 cm³/mol. The molecule has 116 valence electrons. The Morgan fingerprint density at radius 3 is 2.24 bits per heavy atom. The molecule has 0 radical (unpaired) electrons. The van der Waals surface area contributed by atoms with Crippen molar-refractivity contribution in [3.8, 4) is 0 Å². The molecule has 4 heteroatoms. The van der Waals surface area contributed by atoms with Crippen LogP contribution < -0.4 is 0 Å². The van der Waals surface area contributed by atoms with Crippen LogP contribution in [0.25, 0.3) is 0 Å². The fraction of sp³-hybridized carbons (Fsp3) is 0.824. The Labute approximate surface area is 131 Å². The van der Waals surface area contributed by atoms with Crippen LogP contribution in [0.15, 0.2) is 0 Å². The molecule has 5 rings (SSSR count). The lowest BCUT2D eigenvalue weighted by atomic mass is 9.50. The molecule has 1 atom stereocenters. The maximum absolute atomic E-state index is 10.9. The SMILES string of the molecule is Cc1nn(C)c(CC(O)C2C3CC4CC(C3)CC2C4)c1Cl. The topological polar surface area (TPSA) is 38.0 Å². The molecule has 1 unspecified atom stereocenters. The number of aryl methyl sites for hydroxylation is 2. The van der Waals surface area contributed by atoms with Gasteiger partial charge in [-0.15, -0.1) is 0 Å². The van der Waals surface area contributed by atoms with Crippen molar-refractivity contribution < 1.29 is 5.11 Å². The minimum atomic E-state index is -0.257. The number of hydrogen-bond donors (Lipinski definition) is 1. The van der Waals surface area contributed by atoms with Crippen molar-refractivity contribution in [2.75, 3.05) is 0 Å². The number of aliphatic hydroxyl groups is 1. The Balaban J connectivity index is 1.54. The first kappa shape index (κ1) is 14.1. The molecule has 0 amide bonds. The van der Waals surface area contributed by atoms with Crippen molar-refractivity contribution in [2.45, 2.75) is 51.6 Å². The Hall–Kier alpha value is -0.540. The lowest BCUT2D eigenvalue weighted by molar-refractivity contribution is -0.0891. The zero-order chi connectivity index (χ0) is 14.7. The minimum absolute atomic E-state index is 0.257. The van der Waals surface area contributed by atoms with Gasteiger partial charge < -0.3 is 5.11 Å². The highest BCUT2D eigenvalue weighted by Gasteiger charge is 2.50. The third-order valence-electron chi connectivity index (χ3n) is 6.41. The zero-order valence-electron chi connectivity index (χ0n) is 12.9. The van der Waals surface area contributed by atoms with E-state index in [0.717, 1.165) is 40.1 Å². The van der Waals surface area contributed by atoms with Crippen LogP contribution in [0.5, 0.6) is 0 Å². The van der Waals surface area contributed by atoms with E-state index in [1.165, 1.54) is 32.1 Å². The number of halogens is 1. The van der Waals surface area contributed by atoms with Gasteiger partial charge in [0.1, 0.15) is 0 Å². The van der Waals surface area contributed by atoms with Crippen LogP contribution in [0.2, 0.25) is 5.02 Å². The molecule has 1 aromatic heterocycles. The number of hydrogen-bond acceptors (Lipinski definition) is 2. The molecule has 0 spiro atoms. The van der Waals surface area contributed by atoms with Crippen LogP contribution in [0.3, 0.4) is 0 Å². The number of rotatable bonds is 3. The third-order valence-corrected chi connectivity index (χ3v) is 6.90. The zero-order valence-corrected chi connectivity index (χ0v) is 13.7. The second-order valence-corrected chi connectivity index (χ2v) is 8.13. The summed E-state index contributed by atoms with van der Waals surface area (Å²) in [5.41, 5.74) is 1.86. The van der Waals surface area contributed by atoms with E-state index in [9.17, 15) is 5.11 Å². The van der Waals surface area contributed by atoms with E-state index in [2.05, 4.69) is 5.10 Å². The fourth-order valence-electron chi connectivity index (χ4n) is 5.83. The number of aliphatic hydroxyl groups excluding tert-OH is 1. The van der Waals surface area contributed by atoms with Crippen molar-refractivity contribution in [3.63, 3.8) is 0 Å². The average molecular weight is 309 g/mol. The van der Waals surface area contributed by atoms with Crippen LogP contribution in [0.1, 0.15) is 43.5 Å². The van der Waals surface area contributed by atoms with Gasteiger partial charge in [0, 0.05) is 13.5 Å². The lowest BCUT2D eigenvalue weighted by Crippen LogP contribution is -2.49. The minimum Gasteiger partial charge on any atom is -0.392 e. The Kier molecular flexibility index (Phi) is 3.34. The van der Waals surface area contributed by atoms with Crippen molar-refractivity contribution in [3.05, 3.63) is 16.4 Å². The van der Waals surface area contributed by atoms with Crippen molar-refractivity contribution >= 4 is 11.6 Å². The molecule has 4 aliphatic rings. The van der Waals surface area contributed by atoms with Crippen molar-refractivity contribution in [1.29, 1.82) is 0 Å². The van der Waals surface area contributed by atoms with Gasteiger partial charge in [0.05, 0.1) is 22.5 Å². The predicted octanol–water partition coefficient (Wildman–Crippen LogP) is 3.36. The van der Waals surface area contributed by atoms with Crippen molar-refractivity contribution in [2.24, 2.45) is 36.6 Å². The summed E-state index contributed by atoms with van der Waals surface area (Å²) < 4.78 is 1.84. The molecule has 4 saturated carbocycles. The first-order chi connectivity index (χ1) is 10.0. The van der Waals surface area contributed by atoms with Crippen LogP contribution in [0.4, 0.5) is 0 Å². The second kappa shape index (κ2) is 4.99. The summed E-state index contributed by atoms with van der Waals surface area (Å²) in [6.45, 7) is 1.93. The van der Waals surface area contributed by atoms with Gasteiger partial charge in [-0.2, -0.15) is 5.10 Å². The Morgan fingerprint density at radius 1 is 1.19 bits per heavy atom. The molecule has 0 aliphatic heterocycles. The van der Waals surface area contributed by atoms with E-state index in [1.54, 1.807) is 0 Å². The van der Waals surface area contributed by atoms with Crippen LogP contribution >= 0.6 is 11.6 Å². The molecule has 0 saturated heterocycles. The van der Waals surface area contributed by atoms with E-state index in [0.29, 0.717) is 12.3 Å². The normalized spacial score (nSPS) is 39.0. The first-order valence-corrected chi connectivity index (χ1v) is 8.76. The fourth-order valence-corrected chi connectivity index (χ4v) is 6.07. The van der Waals surface area contributed by atoms with Gasteiger partial charge in [0.2, 0.25) is 0 Å². The summed E-state index contributed by atoms with van der Waals surface area (Å²) in [5.74, 6) is 3.91. The van der Waals surface area contributed by atoms with Crippen LogP contribution in [-0.4, -0.2) is 21.0 Å². The second-order valence-electron chi connectivity index (χ2n) is 7.75. The van der Waals surface area contributed by atoms with Gasteiger partial charge in [-0.05, 0) is 68.6 Å². The summed E-state index contributed by atoms with van der Waals surface area (Å²) in [5, 5.41) is 16.0. The smallest absolute Gasteiger partial charge is 0.0847 e. The highest BCUT2D eigenvalue weighted by atomic mass is 35.5. The molecule has 4 fully saturated rings. The number of aromatic nitrogens is 2. The molecule has 1 aromatic rings. The monoisotopic (exact) mass is 308 g/mol. The third kappa shape index (κ3) is 2.24. The molecule has 3 nitrogen and oxygen atoms in total. The molecule has 4 aliphatic carbocycles. The molecular formula is C17H25ClN2O. The van der Waals surface area contributed by atoms with Gasteiger partial charge in [-0.3, -0.25) is 4.68 Å². The van der Waals surface area contributed by atoms with E-state index in [-0.39, 0.29) is 6.10 Å². The maximum atomic E-state index is 10.9. The van der Waals surface area contributed by atoms with Gasteiger partial charge in [-0.1, -0.05) is 11.6 Å². The number of nitrogens with zero attached hydrogens (tertiary/aromatic N) is 2. The maximum Gasteiger partial charge on any atom is 0.0847 e. The van der Waals surface area contributed by atoms with E-state index < -0.39 is 0 Å². The van der Waals surface area contributed by atoms with Crippen molar-refractivity contribution in [1.82, 2.24) is 9.78 Å². The van der Waals surface area contributed by atoms with E-state index in [1.807, 2.05) is 18.7 Å². The standard InChI is InChI=1S/C17H25ClN2O/c1-9-17(18)14(20(2)19-9)8-15(21)16-12-4-10-3-11(6-12)7-13(16)5-10/h10-13,15-16,21H,3-8H2,1-2H3. The lowest BCUT2D eigenvalue weighted by Gasteiger charge is -2.55. The van der Waals surface area contributed by atoms with Gasteiger partial charge in [-0.25, -0.2) is 0 Å². The van der Waals surface area contributed by atoms with Gasteiger partial charge in [0.15, 0.2) is 0 Å². The summed E-state index contributed by atoms with van der Waals surface area (Å²) in [4.78, 5) is 0. The first-order valence-electron chi connectivity index (χ1n) is 8.39. The largest absolute Gasteiger partial charge is 0.392 e. The Bertz CT molecular complexity index is 525. The highest BCUT2D eigenvalue weighted by molar-refractivity contribution is 6.31. The highest BCUT2D eigenvalue weighted by Crippen LogP contribution is 2.57. The van der Waals surface area contributed by atoms with Crippen LogP contribution in [0, 0.1) is 36.5 Å². The molecule has 21 heavy (non-hydrogen) atoms. The molecule has 0 aromatic carbocycles. The quantitative estimate of drug-likeness (QED) is 0.930.